The van der Waals surface area contributed by atoms with Crippen molar-refractivity contribution in [2.75, 3.05) is 24.8 Å². The monoisotopic (exact) mass is 276 g/mol. The van der Waals surface area contributed by atoms with E-state index in [-0.39, 0.29) is 0 Å². The number of hydrogen-bond acceptors (Lipinski definition) is 3. The van der Waals surface area contributed by atoms with Gasteiger partial charge in [-0.1, -0.05) is 23.7 Å². The highest BCUT2D eigenvalue weighted by Gasteiger charge is 2.07. The van der Waals surface area contributed by atoms with Gasteiger partial charge in [-0.25, -0.2) is 0 Å². The minimum Gasteiger partial charge on any atom is -0.497 e. The second-order valence-electron chi connectivity index (χ2n) is 4.41. The van der Waals surface area contributed by atoms with Gasteiger partial charge in [0.15, 0.2) is 0 Å². The van der Waals surface area contributed by atoms with Gasteiger partial charge in [0.05, 0.1) is 18.5 Å². The van der Waals surface area contributed by atoms with E-state index < -0.39 is 0 Å². The Kier molecular flexibility index (Phi) is 4.17. The average molecular weight is 277 g/mol. The predicted molar refractivity (Wildman–Crippen MR) is 81.0 cm³/mol. The third kappa shape index (κ3) is 3.32. The molecule has 3 nitrogen and oxygen atoms in total. The van der Waals surface area contributed by atoms with Crippen molar-refractivity contribution in [3.05, 3.63) is 53.1 Å². The van der Waals surface area contributed by atoms with Crippen molar-refractivity contribution in [3.8, 4) is 5.75 Å². The molecule has 0 amide bonds. The lowest BCUT2D eigenvalue weighted by Gasteiger charge is -2.22. The van der Waals surface area contributed by atoms with Crippen molar-refractivity contribution < 1.29 is 4.74 Å². The van der Waals surface area contributed by atoms with Crippen molar-refractivity contribution in [2.45, 2.75) is 6.54 Å². The van der Waals surface area contributed by atoms with Crippen LogP contribution in [0.2, 0.25) is 5.02 Å². The summed E-state index contributed by atoms with van der Waals surface area (Å²) in [6.07, 6.45) is 0. The number of rotatable bonds is 4. The number of nitrogens with zero attached hydrogens (tertiary/aromatic N) is 1. The maximum atomic E-state index is 6.00. The van der Waals surface area contributed by atoms with E-state index in [1.807, 2.05) is 49.5 Å². The first kappa shape index (κ1) is 13.6. The minimum absolute atomic E-state index is 0.734. The lowest BCUT2D eigenvalue weighted by atomic mass is 10.2. The van der Waals surface area contributed by atoms with Gasteiger partial charge >= 0.3 is 0 Å². The van der Waals surface area contributed by atoms with Gasteiger partial charge < -0.3 is 15.4 Å². The molecule has 0 aliphatic heterocycles. The van der Waals surface area contributed by atoms with Gasteiger partial charge in [-0.05, 0) is 29.8 Å². The van der Waals surface area contributed by atoms with Crippen LogP contribution in [0, 0.1) is 0 Å². The summed E-state index contributed by atoms with van der Waals surface area (Å²) in [4.78, 5) is 2.08. The minimum atomic E-state index is 0.734. The van der Waals surface area contributed by atoms with Crippen molar-refractivity contribution in [2.24, 2.45) is 0 Å². The molecule has 2 rings (SSSR count). The van der Waals surface area contributed by atoms with Crippen molar-refractivity contribution in [1.82, 2.24) is 0 Å². The number of nitrogen functional groups attached to an aromatic ring is 1. The molecule has 4 heteroatoms. The Hall–Kier alpha value is -1.87. The highest BCUT2D eigenvalue weighted by molar-refractivity contribution is 6.30. The molecule has 0 atom stereocenters. The fraction of sp³-hybridized carbons (Fsp3) is 0.200. The molecule has 0 aromatic heterocycles. The molecule has 0 fully saturated rings. The zero-order chi connectivity index (χ0) is 13.8. The van der Waals surface area contributed by atoms with Gasteiger partial charge in [0.25, 0.3) is 0 Å². The van der Waals surface area contributed by atoms with Gasteiger partial charge in [0.1, 0.15) is 5.75 Å². The van der Waals surface area contributed by atoms with E-state index in [2.05, 4.69) is 4.90 Å². The van der Waals surface area contributed by atoms with E-state index >= 15 is 0 Å². The summed E-state index contributed by atoms with van der Waals surface area (Å²) < 4.78 is 5.23. The number of anilines is 2. The fourth-order valence-corrected chi connectivity index (χ4v) is 2.06. The number of halogens is 1. The molecule has 2 aromatic carbocycles. The van der Waals surface area contributed by atoms with E-state index in [9.17, 15) is 0 Å². The van der Waals surface area contributed by atoms with Gasteiger partial charge in [-0.15, -0.1) is 0 Å². The van der Waals surface area contributed by atoms with E-state index in [1.165, 1.54) is 5.56 Å². The molecule has 0 bridgehead atoms. The van der Waals surface area contributed by atoms with Crippen molar-refractivity contribution in [3.63, 3.8) is 0 Å². The number of ether oxygens (including phenoxy) is 1. The largest absolute Gasteiger partial charge is 0.497 e. The van der Waals surface area contributed by atoms with Crippen LogP contribution in [0.4, 0.5) is 11.4 Å². The van der Waals surface area contributed by atoms with Crippen LogP contribution in [-0.4, -0.2) is 14.2 Å². The summed E-state index contributed by atoms with van der Waals surface area (Å²) >= 11 is 5.88. The van der Waals surface area contributed by atoms with Crippen LogP contribution in [0.3, 0.4) is 0 Å². The number of methoxy groups -OCH3 is 1. The molecule has 0 radical (unpaired) electrons. The third-order valence-electron chi connectivity index (χ3n) is 2.98. The fourth-order valence-electron chi connectivity index (χ4n) is 1.93. The van der Waals surface area contributed by atoms with Crippen LogP contribution in [0.1, 0.15) is 5.56 Å². The molecule has 0 spiro atoms. The van der Waals surface area contributed by atoms with E-state index in [0.29, 0.717) is 0 Å². The number of benzene rings is 2. The topological polar surface area (TPSA) is 38.5 Å². The molecule has 0 aliphatic carbocycles. The molecule has 2 N–H and O–H groups in total. The van der Waals surface area contributed by atoms with Gasteiger partial charge in [0.2, 0.25) is 0 Å². The Bertz CT molecular complexity index is 555. The highest BCUT2D eigenvalue weighted by atomic mass is 35.5. The van der Waals surface area contributed by atoms with Crippen LogP contribution >= 0.6 is 11.6 Å². The average Bonchev–Trinajstić information content (AvgIpc) is 2.42. The van der Waals surface area contributed by atoms with Crippen LogP contribution in [0.15, 0.2) is 42.5 Å². The van der Waals surface area contributed by atoms with Crippen LogP contribution in [0.25, 0.3) is 0 Å². The first-order valence-corrected chi connectivity index (χ1v) is 6.37. The van der Waals surface area contributed by atoms with Gasteiger partial charge in [-0.3, -0.25) is 0 Å². The van der Waals surface area contributed by atoms with Crippen LogP contribution in [0.5, 0.6) is 5.75 Å². The maximum absolute atomic E-state index is 6.00. The van der Waals surface area contributed by atoms with Crippen molar-refractivity contribution in [1.29, 1.82) is 0 Å². The van der Waals surface area contributed by atoms with Crippen LogP contribution in [-0.2, 0) is 6.54 Å². The highest BCUT2D eigenvalue weighted by Crippen LogP contribution is 2.28. The Morgan fingerprint density at radius 2 is 1.84 bits per heavy atom. The standard InChI is InChI=1S/C15H17ClN2O/c1-18(10-11-3-5-12(16)6-4-11)15-9-13(19-2)7-8-14(15)17/h3-9H,10,17H2,1-2H3. The number of nitrogens with two attached hydrogens (primary N) is 1. The zero-order valence-electron chi connectivity index (χ0n) is 11.1. The van der Waals surface area contributed by atoms with Crippen LogP contribution < -0.4 is 15.4 Å². The summed E-state index contributed by atoms with van der Waals surface area (Å²) in [5.41, 5.74) is 8.87. The molecule has 0 heterocycles. The summed E-state index contributed by atoms with van der Waals surface area (Å²) in [6.45, 7) is 0.758. The normalized spacial score (nSPS) is 10.3. The summed E-state index contributed by atoms with van der Waals surface area (Å²) in [6, 6.07) is 13.4. The van der Waals surface area contributed by atoms with E-state index in [1.54, 1.807) is 7.11 Å². The Labute approximate surface area is 118 Å². The molecule has 0 unspecified atom stereocenters. The summed E-state index contributed by atoms with van der Waals surface area (Å²) in [5.74, 6) is 0.798. The maximum Gasteiger partial charge on any atom is 0.121 e. The molecule has 2 aromatic rings. The SMILES string of the molecule is COc1ccc(N)c(N(C)Cc2ccc(Cl)cc2)c1. The Morgan fingerprint density at radius 1 is 1.16 bits per heavy atom. The molecular weight excluding hydrogens is 260 g/mol. The van der Waals surface area contributed by atoms with Gasteiger partial charge in [0, 0.05) is 24.7 Å². The lowest BCUT2D eigenvalue weighted by molar-refractivity contribution is 0.415. The first-order chi connectivity index (χ1) is 9.10. The second kappa shape index (κ2) is 5.85. The summed E-state index contributed by atoms with van der Waals surface area (Å²) in [7, 11) is 3.65. The van der Waals surface area contributed by atoms with Crippen molar-refractivity contribution >= 4 is 23.0 Å². The summed E-state index contributed by atoms with van der Waals surface area (Å²) in [5, 5.41) is 0.743. The molecule has 100 valence electrons. The quantitative estimate of drug-likeness (QED) is 0.868. The zero-order valence-corrected chi connectivity index (χ0v) is 11.8. The second-order valence-corrected chi connectivity index (χ2v) is 4.84. The number of hydrogen-bond donors (Lipinski definition) is 1. The molecule has 19 heavy (non-hydrogen) atoms. The smallest absolute Gasteiger partial charge is 0.121 e. The molecular formula is C15H17ClN2O. The Morgan fingerprint density at radius 3 is 2.47 bits per heavy atom. The molecule has 0 saturated heterocycles. The van der Waals surface area contributed by atoms with E-state index in [4.69, 9.17) is 22.1 Å². The lowest BCUT2D eigenvalue weighted by Crippen LogP contribution is -2.17. The first-order valence-electron chi connectivity index (χ1n) is 5.99. The molecule has 0 saturated carbocycles. The molecule has 0 aliphatic rings. The van der Waals surface area contributed by atoms with E-state index in [0.717, 1.165) is 28.7 Å². The van der Waals surface area contributed by atoms with Gasteiger partial charge in [-0.2, -0.15) is 0 Å². The Balaban J connectivity index is 2.19. The predicted octanol–water partition coefficient (Wildman–Crippen LogP) is 3.57. The third-order valence-corrected chi connectivity index (χ3v) is 3.23.